The summed E-state index contributed by atoms with van der Waals surface area (Å²) in [4.78, 5) is 19.4. The highest BCUT2D eigenvalue weighted by atomic mass is 19.4. The first-order valence-electron chi connectivity index (χ1n) is 15.4. The van der Waals surface area contributed by atoms with Gasteiger partial charge in [-0.15, -0.1) is 18.2 Å². The Bertz CT molecular complexity index is 1630. The van der Waals surface area contributed by atoms with Crippen molar-refractivity contribution < 1.29 is 27.4 Å². The first-order valence-corrected chi connectivity index (χ1v) is 15.4. The van der Waals surface area contributed by atoms with Gasteiger partial charge in [-0.2, -0.15) is 10.2 Å². The summed E-state index contributed by atoms with van der Waals surface area (Å²) >= 11 is 0. The molecule has 12 nitrogen and oxygen atoms in total. The van der Waals surface area contributed by atoms with Crippen LogP contribution in [0.1, 0.15) is 16.7 Å². The van der Waals surface area contributed by atoms with Gasteiger partial charge in [-0.05, 0) is 54.3 Å². The van der Waals surface area contributed by atoms with Crippen LogP contribution in [0.2, 0.25) is 0 Å². The summed E-state index contributed by atoms with van der Waals surface area (Å²) in [5.74, 6) is 2.18. The van der Waals surface area contributed by atoms with Crippen LogP contribution in [0.15, 0.2) is 47.5 Å². The number of aromatic nitrogens is 2. The number of alkyl halides is 3. The summed E-state index contributed by atoms with van der Waals surface area (Å²) in [5, 5.41) is 8.61. The zero-order valence-corrected chi connectivity index (χ0v) is 25.7. The molecule has 3 aromatic rings. The molecule has 0 atom stereocenters. The minimum absolute atomic E-state index is 0.202. The van der Waals surface area contributed by atoms with Crippen LogP contribution in [-0.2, 0) is 24.2 Å². The van der Waals surface area contributed by atoms with Gasteiger partial charge in [0.05, 0.1) is 18.9 Å². The zero-order valence-electron chi connectivity index (χ0n) is 25.7. The van der Waals surface area contributed by atoms with E-state index >= 15 is 0 Å². The van der Waals surface area contributed by atoms with Crippen molar-refractivity contribution >= 4 is 17.7 Å². The molecule has 0 unspecified atom stereocenters. The monoisotopic (exact) mass is 651 g/mol. The molecule has 0 spiro atoms. The van der Waals surface area contributed by atoms with Gasteiger partial charge >= 0.3 is 6.36 Å². The lowest BCUT2D eigenvalue weighted by atomic mass is 9.88. The molecule has 248 valence electrons. The maximum atomic E-state index is 12.4. The minimum Gasteiger partial charge on any atom is -0.489 e. The number of fused-ring (bicyclic) bond motifs is 3. The second-order valence-corrected chi connectivity index (χ2v) is 11.8. The first kappa shape index (κ1) is 32.1. The average molecular weight is 652 g/mol. The van der Waals surface area contributed by atoms with E-state index in [-0.39, 0.29) is 24.3 Å². The number of ether oxygens (including phenoxy) is 3. The molecule has 2 aliphatic heterocycles. The van der Waals surface area contributed by atoms with Gasteiger partial charge < -0.3 is 35.5 Å². The van der Waals surface area contributed by atoms with Crippen LogP contribution in [0.5, 0.6) is 11.5 Å². The van der Waals surface area contributed by atoms with E-state index in [9.17, 15) is 13.2 Å². The highest BCUT2D eigenvalue weighted by molar-refractivity contribution is 5.79. The van der Waals surface area contributed by atoms with Gasteiger partial charge in [0.2, 0.25) is 18.1 Å². The number of nitrogen functional groups attached to an aromatic ring is 1. The van der Waals surface area contributed by atoms with Gasteiger partial charge in [-0.25, -0.2) is 4.98 Å². The van der Waals surface area contributed by atoms with Crippen molar-refractivity contribution in [2.45, 2.75) is 25.8 Å². The molecule has 2 aromatic carbocycles. The number of halogens is 3. The summed E-state index contributed by atoms with van der Waals surface area (Å²) in [6.45, 7) is 7.29. The van der Waals surface area contributed by atoms with Crippen molar-refractivity contribution in [1.82, 2.24) is 19.8 Å². The number of hydrogen-bond donors (Lipinski definition) is 2. The van der Waals surface area contributed by atoms with Gasteiger partial charge in [0.15, 0.2) is 0 Å². The SMILES string of the molecule is N#CN=C(N)N1CC(COCCN2CCN(c3nc(N)nc4c3CCc3cc(OCc5ccc(OC(F)(F)F)cc5)ccc3-4)CC2)C1. The van der Waals surface area contributed by atoms with E-state index in [0.29, 0.717) is 24.9 Å². The average Bonchev–Trinajstić information content (AvgIpc) is 3.02. The summed E-state index contributed by atoms with van der Waals surface area (Å²) in [7, 11) is 0. The summed E-state index contributed by atoms with van der Waals surface area (Å²) in [6, 6.07) is 11.5. The number of guanidine groups is 1. The molecule has 1 aromatic heterocycles. The molecule has 0 saturated carbocycles. The summed E-state index contributed by atoms with van der Waals surface area (Å²) in [6.07, 6.45) is -1.46. The molecular formula is C32H36F3N9O3. The van der Waals surface area contributed by atoms with Crippen molar-refractivity contribution in [3.05, 3.63) is 59.2 Å². The third kappa shape index (κ3) is 7.95. The fraction of sp³-hybridized carbons (Fsp3) is 0.438. The Kier molecular flexibility index (Phi) is 9.50. The van der Waals surface area contributed by atoms with E-state index in [0.717, 1.165) is 92.4 Å². The molecule has 15 heteroatoms. The number of likely N-dealkylation sites (tertiary alicyclic amines) is 1. The highest BCUT2D eigenvalue weighted by Gasteiger charge is 2.31. The largest absolute Gasteiger partial charge is 0.573 e. The number of nitrogens with two attached hydrogens (primary N) is 2. The van der Waals surface area contributed by atoms with Crippen LogP contribution in [0.3, 0.4) is 0 Å². The first-order chi connectivity index (χ1) is 22.6. The number of anilines is 2. The van der Waals surface area contributed by atoms with Crippen molar-refractivity contribution in [2.75, 3.05) is 69.7 Å². The highest BCUT2D eigenvalue weighted by Crippen LogP contribution is 2.38. The maximum Gasteiger partial charge on any atom is 0.573 e. The van der Waals surface area contributed by atoms with Crippen LogP contribution in [0, 0.1) is 17.4 Å². The van der Waals surface area contributed by atoms with Crippen molar-refractivity contribution in [2.24, 2.45) is 16.6 Å². The Morgan fingerprint density at radius 2 is 1.77 bits per heavy atom. The lowest BCUT2D eigenvalue weighted by Crippen LogP contribution is -2.54. The van der Waals surface area contributed by atoms with Gasteiger partial charge in [-0.1, -0.05) is 12.1 Å². The summed E-state index contributed by atoms with van der Waals surface area (Å²) < 4.78 is 53.1. The fourth-order valence-corrected chi connectivity index (χ4v) is 6.13. The number of aryl methyl sites for hydroxylation is 1. The van der Waals surface area contributed by atoms with Crippen LogP contribution < -0.4 is 25.8 Å². The number of benzene rings is 2. The molecule has 0 amide bonds. The molecule has 2 fully saturated rings. The standard InChI is InChI=1S/C32H36F3N9O3/c33-32(34,35)47-24-4-1-21(2-5-24)19-46-25-6-8-26-23(15-25)3-7-27-28(26)40-30(37)41-29(27)43-11-9-42(10-12-43)13-14-45-18-22-16-44(17-22)31(38)39-20-36/h1-2,4-6,8,15,22H,3,7,9-14,16-19H2,(H2,38,39)(H2,37,40,41). The predicted molar refractivity (Wildman–Crippen MR) is 169 cm³/mol. The van der Waals surface area contributed by atoms with Gasteiger partial charge in [-0.3, -0.25) is 4.90 Å². The normalized spacial score (nSPS) is 17.0. The number of piperazine rings is 1. The Balaban J connectivity index is 1.00. The van der Waals surface area contributed by atoms with E-state index in [2.05, 4.69) is 29.5 Å². The third-order valence-electron chi connectivity index (χ3n) is 8.56. The lowest BCUT2D eigenvalue weighted by Gasteiger charge is -2.39. The number of nitrogens with zero attached hydrogens (tertiary/aromatic N) is 7. The molecule has 4 N–H and O–H groups in total. The number of aliphatic imine (C=N–C) groups is 1. The maximum absolute atomic E-state index is 12.4. The Hall–Kier alpha value is -4.81. The van der Waals surface area contributed by atoms with Crippen LogP contribution in [0.25, 0.3) is 11.3 Å². The minimum atomic E-state index is -4.73. The van der Waals surface area contributed by atoms with Gasteiger partial charge in [0.1, 0.15) is 23.9 Å². The lowest BCUT2D eigenvalue weighted by molar-refractivity contribution is -0.274. The molecule has 0 radical (unpaired) electrons. The summed E-state index contributed by atoms with van der Waals surface area (Å²) in [5.41, 5.74) is 16.7. The van der Waals surface area contributed by atoms with Crippen LogP contribution in [0.4, 0.5) is 24.9 Å². The smallest absolute Gasteiger partial charge is 0.489 e. The molecule has 3 heterocycles. The Morgan fingerprint density at radius 1 is 1.02 bits per heavy atom. The second-order valence-electron chi connectivity index (χ2n) is 11.8. The van der Waals surface area contributed by atoms with E-state index in [1.807, 2.05) is 23.1 Å². The van der Waals surface area contributed by atoms with E-state index in [1.54, 1.807) is 18.3 Å². The third-order valence-corrected chi connectivity index (χ3v) is 8.56. The van der Waals surface area contributed by atoms with E-state index in [4.69, 9.17) is 26.2 Å². The Morgan fingerprint density at radius 3 is 2.49 bits per heavy atom. The number of hydrogen-bond acceptors (Lipinski definition) is 10. The predicted octanol–water partition coefficient (Wildman–Crippen LogP) is 3.17. The molecule has 2 saturated heterocycles. The molecule has 0 bridgehead atoms. The van der Waals surface area contributed by atoms with Crippen LogP contribution in [-0.4, -0.2) is 91.1 Å². The Labute approximate surface area is 270 Å². The number of rotatable bonds is 10. The van der Waals surface area contributed by atoms with Crippen molar-refractivity contribution in [3.63, 3.8) is 0 Å². The molecule has 3 aliphatic rings. The molecule has 47 heavy (non-hydrogen) atoms. The van der Waals surface area contributed by atoms with E-state index < -0.39 is 6.36 Å². The molecule has 6 rings (SSSR count). The quantitative estimate of drug-likeness (QED) is 0.144. The van der Waals surface area contributed by atoms with Gasteiger partial charge in [0.25, 0.3) is 0 Å². The molecule has 1 aliphatic carbocycles. The van der Waals surface area contributed by atoms with Gasteiger partial charge in [0, 0.05) is 62.9 Å². The van der Waals surface area contributed by atoms with Crippen LogP contribution >= 0.6 is 0 Å². The molecular weight excluding hydrogens is 615 g/mol. The zero-order chi connectivity index (χ0) is 33.0. The topological polar surface area (TPSA) is 151 Å². The number of nitriles is 1. The van der Waals surface area contributed by atoms with E-state index in [1.165, 1.54) is 12.1 Å². The second kappa shape index (κ2) is 13.9. The fourth-order valence-electron chi connectivity index (χ4n) is 6.13. The van der Waals surface area contributed by atoms with Crippen molar-refractivity contribution in [3.8, 4) is 28.9 Å². The van der Waals surface area contributed by atoms with Crippen molar-refractivity contribution in [1.29, 1.82) is 5.26 Å².